The van der Waals surface area contributed by atoms with Gasteiger partial charge in [0, 0.05) is 13.0 Å². The van der Waals surface area contributed by atoms with Crippen LogP contribution in [0.4, 0.5) is 13.2 Å². The normalized spacial score (nSPS) is 13.1. The van der Waals surface area contributed by atoms with Gasteiger partial charge >= 0.3 is 6.18 Å². The number of nitrogens with zero attached hydrogens (tertiary/aromatic N) is 3. The van der Waals surface area contributed by atoms with E-state index in [1.807, 2.05) is 12.1 Å². The molecule has 1 aromatic heterocycles. The van der Waals surface area contributed by atoms with E-state index in [-0.39, 0.29) is 5.82 Å². The highest BCUT2D eigenvalue weighted by Crippen LogP contribution is 2.22. The van der Waals surface area contributed by atoms with Crippen LogP contribution < -0.4 is 4.74 Å². The van der Waals surface area contributed by atoms with Crippen molar-refractivity contribution in [3.8, 4) is 5.75 Å². The van der Waals surface area contributed by atoms with Crippen LogP contribution in [0, 0.1) is 0 Å². The van der Waals surface area contributed by atoms with E-state index in [4.69, 9.17) is 9.47 Å². The molecule has 132 valence electrons. The fourth-order valence-electron chi connectivity index (χ4n) is 2.32. The Labute approximate surface area is 138 Å². The lowest BCUT2D eigenvalue weighted by molar-refractivity contribution is -0.143. The first-order chi connectivity index (χ1) is 11.3. The Morgan fingerprint density at radius 2 is 1.88 bits per heavy atom. The maximum absolute atomic E-state index is 12.7. The molecule has 0 saturated carbocycles. The molecule has 1 atom stereocenters. The molecule has 0 aliphatic rings. The highest BCUT2D eigenvalue weighted by atomic mass is 19.4. The number of hydrogen-bond acceptors (Lipinski definition) is 4. The zero-order chi connectivity index (χ0) is 17.7. The topological polar surface area (TPSA) is 49.2 Å². The second-order valence-corrected chi connectivity index (χ2v) is 5.28. The summed E-state index contributed by atoms with van der Waals surface area (Å²) in [6, 6.07) is 7.22. The van der Waals surface area contributed by atoms with Crippen LogP contribution in [0.2, 0.25) is 0 Å². The van der Waals surface area contributed by atoms with Gasteiger partial charge in [0.05, 0.1) is 7.11 Å². The van der Waals surface area contributed by atoms with Crippen LogP contribution in [0.15, 0.2) is 24.3 Å². The lowest BCUT2D eigenvalue weighted by atomic mass is 10.1. The molecular weight excluding hydrogens is 323 g/mol. The predicted octanol–water partition coefficient (Wildman–Crippen LogP) is 3.54. The monoisotopic (exact) mass is 343 g/mol. The largest absolute Gasteiger partial charge is 0.497 e. The van der Waals surface area contributed by atoms with Gasteiger partial charge in [0.25, 0.3) is 0 Å². The van der Waals surface area contributed by atoms with Crippen molar-refractivity contribution in [1.29, 1.82) is 0 Å². The Balaban J connectivity index is 2.24. The van der Waals surface area contributed by atoms with E-state index in [1.54, 1.807) is 33.1 Å². The SMILES string of the molecule is CCOC(C)c1nc(Cc2ccc(OC)cc2)nn1CC(F)(F)F. The Hall–Kier alpha value is -2.09. The molecule has 0 bridgehead atoms. The maximum Gasteiger partial charge on any atom is 0.408 e. The summed E-state index contributed by atoms with van der Waals surface area (Å²) in [5, 5.41) is 4.01. The van der Waals surface area contributed by atoms with Crippen molar-refractivity contribution in [2.75, 3.05) is 13.7 Å². The van der Waals surface area contributed by atoms with Gasteiger partial charge in [-0.15, -0.1) is 0 Å². The van der Waals surface area contributed by atoms with Gasteiger partial charge in [-0.25, -0.2) is 9.67 Å². The standard InChI is InChI=1S/C16H20F3N3O2/c1-4-24-11(2)15-20-14(21-22(15)10-16(17,18)19)9-12-5-7-13(23-3)8-6-12/h5-8,11H,4,9-10H2,1-3H3. The fraction of sp³-hybridized carbons (Fsp3) is 0.500. The average Bonchev–Trinajstić information content (AvgIpc) is 2.88. The third-order valence-electron chi connectivity index (χ3n) is 3.37. The molecule has 1 unspecified atom stereocenters. The summed E-state index contributed by atoms with van der Waals surface area (Å²) in [4.78, 5) is 4.25. The van der Waals surface area contributed by atoms with E-state index in [9.17, 15) is 13.2 Å². The molecule has 8 heteroatoms. The Morgan fingerprint density at radius 1 is 1.21 bits per heavy atom. The number of rotatable bonds is 7. The van der Waals surface area contributed by atoms with Crippen LogP contribution >= 0.6 is 0 Å². The number of alkyl halides is 3. The minimum Gasteiger partial charge on any atom is -0.497 e. The summed E-state index contributed by atoms with van der Waals surface area (Å²) in [5.41, 5.74) is 0.885. The third-order valence-corrected chi connectivity index (χ3v) is 3.37. The second-order valence-electron chi connectivity index (χ2n) is 5.28. The van der Waals surface area contributed by atoms with E-state index in [1.165, 1.54) is 0 Å². The van der Waals surface area contributed by atoms with Crippen molar-refractivity contribution in [3.63, 3.8) is 0 Å². The third kappa shape index (κ3) is 4.95. The van der Waals surface area contributed by atoms with Crippen molar-refractivity contribution in [1.82, 2.24) is 14.8 Å². The Morgan fingerprint density at radius 3 is 2.42 bits per heavy atom. The van der Waals surface area contributed by atoms with Crippen molar-refractivity contribution in [2.24, 2.45) is 0 Å². The van der Waals surface area contributed by atoms with Crippen LogP contribution in [0.1, 0.15) is 37.2 Å². The van der Waals surface area contributed by atoms with Crippen molar-refractivity contribution in [2.45, 2.75) is 39.1 Å². The molecule has 0 spiro atoms. The molecule has 0 saturated heterocycles. The highest BCUT2D eigenvalue weighted by molar-refractivity contribution is 5.28. The molecule has 0 fully saturated rings. The summed E-state index contributed by atoms with van der Waals surface area (Å²) < 4.78 is 49.6. The van der Waals surface area contributed by atoms with Gasteiger partial charge in [-0.3, -0.25) is 0 Å². The zero-order valence-corrected chi connectivity index (χ0v) is 13.8. The van der Waals surface area contributed by atoms with Crippen LogP contribution in [0.25, 0.3) is 0 Å². The molecule has 1 heterocycles. The first-order valence-corrected chi connectivity index (χ1v) is 7.57. The summed E-state index contributed by atoms with van der Waals surface area (Å²) in [5.74, 6) is 1.21. The van der Waals surface area contributed by atoms with E-state index >= 15 is 0 Å². The molecule has 2 aromatic rings. The van der Waals surface area contributed by atoms with Crippen LogP contribution in [0.3, 0.4) is 0 Å². The van der Waals surface area contributed by atoms with E-state index in [0.717, 1.165) is 10.2 Å². The number of halogens is 3. The van der Waals surface area contributed by atoms with Gasteiger partial charge < -0.3 is 9.47 Å². The van der Waals surface area contributed by atoms with Crippen molar-refractivity contribution < 1.29 is 22.6 Å². The molecule has 0 radical (unpaired) electrons. The second kappa shape index (κ2) is 7.65. The average molecular weight is 343 g/mol. The number of ether oxygens (including phenoxy) is 2. The minimum absolute atomic E-state index is 0.178. The minimum atomic E-state index is -4.37. The molecule has 0 N–H and O–H groups in total. The van der Waals surface area contributed by atoms with Crippen LogP contribution in [0.5, 0.6) is 5.75 Å². The van der Waals surface area contributed by atoms with Crippen molar-refractivity contribution >= 4 is 0 Å². The van der Waals surface area contributed by atoms with Gasteiger partial charge in [-0.2, -0.15) is 18.3 Å². The van der Waals surface area contributed by atoms with Crippen molar-refractivity contribution in [3.05, 3.63) is 41.5 Å². The smallest absolute Gasteiger partial charge is 0.408 e. The van der Waals surface area contributed by atoms with Gasteiger partial charge in [0.1, 0.15) is 18.4 Å². The Bertz CT molecular complexity index is 654. The summed E-state index contributed by atoms with van der Waals surface area (Å²) >= 11 is 0. The van der Waals surface area contributed by atoms with Crippen LogP contribution in [-0.2, 0) is 17.7 Å². The van der Waals surface area contributed by atoms with E-state index in [2.05, 4.69) is 10.1 Å². The molecule has 24 heavy (non-hydrogen) atoms. The molecule has 0 aliphatic carbocycles. The summed E-state index contributed by atoms with van der Waals surface area (Å²) in [7, 11) is 1.57. The first kappa shape index (κ1) is 18.3. The van der Waals surface area contributed by atoms with Crippen LogP contribution in [-0.4, -0.2) is 34.7 Å². The summed E-state index contributed by atoms with van der Waals surface area (Å²) in [6.45, 7) is 2.64. The quantitative estimate of drug-likeness (QED) is 0.772. The van der Waals surface area contributed by atoms with E-state index < -0.39 is 18.8 Å². The molecule has 0 amide bonds. The van der Waals surface area contributed by atoms with Gasteiger partial charge in [0.15, 0.2) is 11.6 Å². The lowest BCUT2D eigenvalue weighted by Crippen LogP contribution is -2.22. The molecule has 0 aliphatic heterocycles. The first-order valence-electron chi connectivity index (χ1n) is 7.57. The predicted molar refractivity (Wildman–Crippen MR) is 81.9 cm³/mol. The number of hydrogen-bond donors (Lipinski definition) is 0. The fourth-order valence-corrected chi connectivity index (χ4v) is 2.32. The Kier molecular flexibility index (Phi) is 5.82. The lowest BCUT2D eigenvalue weighted by Gasteiger charge is -2.13. The zero-order valence-electron chi connectivity index (χ0n) is 13.8. The number of methoxy groups -OCH3 is 1. The molecule has 5 nitrogen and oxygen atoms in total. The number of aromatic nitrogens is 3. The summed E-state index contributed by atoms with van der Waals surface area (Å²) in [6.07, 6.45) is -4.60. The van der Waals surface area contributed by atoms with Gasteiger partial charge in [-0.1, -0.05) is 12.1 Å². The molecular formula is C16H20F3N3O2. The van der Waals surface area contributed by atoms with E-state index in [0.29, 0.717) is 24.6 Å². The maximum atomic E-state index is 12.7. The number of benzene rings is 1. The molecule has 2 rings (SSSR count). The highest BCUT2D eigenvalue weighted by Gasteiger charge is 2.31. The van der Waals surface area contributed by atoms with Gasteiger partial charge in [0.2, 0.25) is 0 Å². The molecule has 1 aromatic carbocycles. The van der Waals surface area contributed by atoms with Gasteiger partial charge in [-0.05, 0) is 31.5 Å².